The van der Waals surface area contributed by atoms with Crippen LogP contribution in [-0.2, 0) is 4.79 Å². The van der Waals surface area contributed by atoms with Crippen LogP contribution in [0.5, 0.6) is 0 Å². The zero-order valence-corrected chi connectivity index (χ0v) is 17.5. The summed E-state index contributed by atoms with van der Waals surface area (Å²) >= 11 is 13.5. The molecular weight excluding hydrogens is 431 g/mol. The fraction of sp³-hybridized carbons (Fsp3) is 0.200. The minimum atomic E-state index is -0.596. The number of anilines is 1. The number of hydrogen-bond acceptors (Lipinski definition) is 5. The van der Waals surface area contributed by atoms with Crippen LogP contribution in [0, 0.1) is 0 Å². The second-order valence-electron chi connectivity index (χ2n) is 6.55. The Morgan fingerprint density at radius 1 is 1.10 bits per heavy atom. The van der Waals surface area contributed by atoms with Crippen LogP contribution in [0.1, 0.15) is 23.2 Å². The normalized spacial score (nSPS) is 16.1. The highest BCUT2D eigenvalue weighted by molar-refractivity contribution is 7.18. The molecule has 0 bridgehead atoms. The van der Waals surface area contributed by atoms with Crippen molar-refractivity contribution in [2.75, 3.05) is 11.9 Å². The van der Waals surface area contributed by atoms with E-state index in [0.29, 0.717) is 38.7 Å². The third-order valence-electron chi connectivity index (χ3n) is 4.65. The SMILES string of the molecule is O=C(Nc1nnc(-c2ccccc2)s1)C1CCCN1C(=O)c1cc(Cl)ccc1Cl. The summed E-state index contributed by atoms with van der Waals surface area (Å²) in [4.78, 5) is 27.3. The Labute approximate surface area is 181 Å². The number of rotatable bonds is 4. The standard InChI is InChI=1S/C20H16Cl2N4O2S/c21-13-8-9-15(22)14(11-13)19(28)26-10-4-7-16(26)17(27)23-20-25-24-18(29-20)12-5-2-1-3-6-12/h1-3,5-6,8-9,11,16H,4,7,10H2,(H,23,25,27). The lowest BCUT2D eigenvalue weighted by atomic mass is 10.1. The van der Waals surface area contributed by atoms with Crippen molar-refractivity contribution in [1.82, 2.24) is 15.1 Å². The number of carbonyl (C=O) groups excluding carboxylic acids is 2. The lowest BCUT2D eigenvalue weighted by molar-refractivity contribution is -0.119. The van der Waals surface area contributed by atoms with Crippen molar-refractivity contribution >= 4 is 51.5 Å². The molecule has 1 N–H and O–H groups in total. The van der Waals surface area contributed by atoms with E-state index < -0.39 is 6.04 Å². The predicted octanol–water partition coefficient (Wildman–Crippen LogP) is 4.76. The van der Waals surface area contributed by atoms with E-state index in [-0.39, 0.29) is 11.8 Å². The number of likely N-dealkylation sites (tertiary alicyclic amines) is 1. The molecule has 4 rings (SSSR count). The maximum absolute atomic E-state index is 13.0. The van der Waals surface area contributed by atoms with E-state index in [2.05, 4.69) is 15.5 Å². The number of aromatic nitrogens is 2. The maximum atomic E-state index is 13.0. The highest BCUT2D eigenvalue weighted by atomic mass is 35.5. The third-order valence-corrected chi connectivity index (χ3v) is 6.10. The molecule has 148 valence electrons. The van der Waals surface area contributed by atoms with Crippen LogP contribution >= 0.6 is 34.5 Å². The molecule has 0 saturated carbocycles. The second kappa shape index (κ2) is 8.49. The Bertz CT molecular complexity index is 1060. The summed E-state index contributed by atoms with van der Waals surface area (Å²) in [5, 5.41) is 12.8. The minimum absolute atomic E-state index is 0.287. The second-order valence-corrected chi connectivity index (χ2v) is 8.37. The van der Waals surface area contributed by atoms with E-state index >= 15 is 0 Å². The smallest absolute Gasteiger partial charge is 0.256 e. The van der Waals surface area contributed by atoms with Gasteiger partial charge < -0.3 is 4.90 Å². The van der Waals surface area contributed by atoms with E-state index in [1.54, 1.807) is 12.1 Å². The minimum Gasteiger partial charge on any atom is -0.327 e. The van der Waals surface area contributed by atoms with Crippen molar-refractivity contribution < 1.29 is 9.59 Å². The van der Waals surface area contributed by atoms with Gasteiger partial charge in [-0.05, 0) is 31.0 Å². The molecule has 0 spiro atoms. The topological polar surface area (TPSA) is 75.2 Å². The van der Waals surface area contributed by atoms with Gasteiger partial charge >= 0.3 is 0 Å². The summed E-state index contributed by atoms with van der Waals surface area (Å²) in [6.45, 7) is 0.477. The molecule has 1 aromatic heterocycles. The summed E-state index contributed by atoms with van der Waals surface area (Å²) in [7, 11) is 0. The first-order valence-electron chi connectivity index (χ1n) is 8.99. The Balaban J connectivity index is 1.49. The number of nitrogens with one attached hydrogen (secondary N) is 1. The fourth-order valence-corrected chi connectivity index (χ4v) is 4.38. The van der Waals surface area contributed by atoms with E-state index in [1.807, 2.05) is 30.3 Å². The van der Waals surface area contributed by atoms with Crippen LogP contribution in [0.25, 0.3) is 10.6 Å². The van der Waals surface area contributed by atoms with Gasteiger partial charge in [0.1, 0.15) is 11.0 Å². The molecule has 29 heavy (non-hydrogen) atoms. The molecule has 1 aliphatic heterocycles. The van der Waals surface area contributed by atoms with Gasteiger partial charge in [0, 0.05) is 17.1 Å². The van der Waals surface area contributed by atoms with Crippen LogP contribution in [-0.4, -0.2) is 39.5 Å². The molecule has 2 amide bonds. The Kier molecular flexibility index (Phi) is 5.80. The van der Waals surface area contributed by atoms with E-state index in [1.165, 1.54) is 22.3 Å². The first-order valence-corrected chi connectivity index (χ1v) is 10.6. The average molecular weight is 447 g/mol. The van der Waals surface area contributed by atoms with Gasteiger partial charge in [0.25, 0.3) is 5.91 Å². The Morgan fingerprint density at radius 3 is 2.69 bits per heavy atom. The van der Waals surface area contributed by atoms with Gasteiger partial charge in [-0.3, -0.25) is 14.9 Å². The van der Waals surface area contributed by atoms with Crippen LogP contribution in [0.2, 0.25) is 10.0 Å². The quantitative estimate of drug-likeness (QED) is 0.626. The van der Waals surface area contributed by atoms with Crippen molar-refractivity contribution in [3.8, 4) is 10.6 Å². The maximum Gasteiger partial charge on any atom is 0.256 e. The van der Waals surface area contributed by atoms with Crippen molar-refractivity contribution in [3.05, 3.63) is 64.1 Å². The molecule has 1 saturated heterocycles. The summed E-state index contributed by atoms with van der Waals surface area (Å²) < 4.78 is 0. The van der Waals surface area contributed by atoms with E-state index in [0.717, 1.165) is 12.0 Å². The molecule has 1 aliphatic rings. The average Bonchev–Trinajstić information content (AvgIpc) is 3.40. The monoisotopic (exact) mass is 446 g/mol. The van der Waals surface area contributed by atoms with Gasteiger partial charge in [0.05, 0.1) is 10.6 Å². The summed E-state index contributed by atoms with van der Waals surface area (Å²) in [5.74, 6) is -0.595. The molecule has 6 nitrogen and oxygen atoms in total. The summed E-state index contributed by atoms with van der Waals surface area (Å²) in [5.41, 5.74) is 1.22. The van der Waals surface area contributed by atoms with Crippen LogP contribution < -0.4 is 5.32 Å². The molecule has 2 heterocycles. The van der Waals surface area contributed by atoms with Gasteiger partial charge in [-0.1, -0.05) is 64.9 Å². The van der Waals surface area contributed by atoms with Gasteiger partial charge in [0.2, 0.25) is 11.0 Å². The Morgan fingerprint density at radius 2 is 1.90 bits per heavy atom. The molecule has 0 aliphatic carbocycles. The highest BCUT2D eigenvalue weighted by Gasteiger charge is 2.35. The zero-order valence-electron chi connectivity index (χ0n) is 15.1. The van der Waals surface area contributed by atoms with E-state index in [4.69, 9.17) is 23.2 Å². The number of amides is 2. The number of benzene rings is 2. The molecule has 1 atom stereocenters. The van der Waals surface area contributed by atoms with Crippen LogP contribution in [0.15, 0.2) is 48.5 Å². The van der Waals surface area contributed by atoms with Crippen LogP contribution in [0.4, 0.5) is 5.13 Å². The summed E-state index contributed by atoms with van der Waals surface area (Å²) in [6.07, 6.45) is 1.30. The van der Waals surface area contributed by atoms with Gasteiger partial charge in [-0.15, -0.1) is 10.2 Å². The largest absolute Gasteiger partial charge is 0.327 e. The molecule has 2 aromatic carbocycles. The summed E-state index contributed by atoms with van der Waals surface area (Å²) in [6, 6.07) is 13.7. The van der Waals surface area contributed by atoms with Gasteiger partial charge in [-0.2, -0.15) is 0 Å². The number of halogens is 2. The zero-order chi connectivity index (χ0) is 20.4. The predicted molar refractivity (Wildman–Crippen MR) is 114 cm³/mol. The number of carbonyl (C=O) groups is 2. The van der Waals surface area contributed by atoms with Crippen molar-refractivity contribution in [2.24, 2.45) is 0 Å². The molecule has 9 heteroatoms. The molecule has 1 fully saturated rings. The highest BCUT2D eigenvalue weighted by Crippen LogP contribution is 2.29. The molecular formula is C20H16Cl2N4O2S. The van der Waals surface area contributed by atoms with Crippen molar-refractivity contribution in [1.29, 1.82) is 0 Å². The number of hydrogen-bond donors (Lipinski definition) is 1. The van der Waals surface area contributed by atoms with Gasteiger partial charge in [0.15, 0.2) is 0 Å². The first kappa shape index (κ1) is 19.8. The van der Waals surface area contributed by atoms with Crippen molar-refractivity contribution in [3.63, 3.8) is 0 Å². The molecule has 3 aromatic rings. The third kappa shape index (κ3) is 4.27. The fourth-order valence-electron chi connectivity index (χ4n) is 3.26. The van der Waals surface area contributed by atoms with Crippen molar-refractivity contribution in [2.45, 2.75) is 18.9 Å². The Hall–Kier alpha value is -2.48. The first-order chi connectivity index (χ1) is 14.0. The number of nitrogens with zero attached hydrogens (tertiary/aromatic N) is 3. The molecule has 1 unspecified atom stereocenters. The van der Waals surface area contributed by atoms with Crippen LogP contribution in [0.3, 0.4) is 0 Å². The lowest BCUT2D eigenvalue weighted by Crippen LogP contribution is -2.43. The lowest BCUT2D eigenvalue weighted by Gasteiger charge is -2.24. The van der Waals surface area contributed by atoms with Gasteiger partial charge in [-0.25, -0.2) is 0 Å². The van der Waals surface area contributed by atoms with E-state index in [9.17, 15) is 9.59 Å². The molecule has 0 radical (unpaired) electrons.